The zero-order chi connectivity index (χ0) is 14.7. The van der Waals surface area contributed by atoms with Crippen molar-refractivity contribution in [3.63, 3.8) is 0 Å². The first kappa shape index (κ1) is 14.2. The SMILES string of the molecule is COc1cc2[nH]c(C(N)=O)cc2cc1OCCN(C)C. The number of fused-ring (bicyclic) bond motifs is 1. The van der Waals surface area contributed by atoms with Gasteiger partial charge in [0.05, 0.1) is 7.11 Å². The lowest BCUT2D eigenvalue weighted by molar-refractivity contribution is 0.0996. The molecule has 2 rings (SSSR count). The van der Waals surface area contributed by atoms with E-state index in [4.69, 9.17) is 15.2 Å². The molecule has 0 saturated heterocycles. The second-order valence-electron chi connectivity index (χ2n) is 4.79. The minimum Gasteiger partial charge on any atom is -0.493 e. The first-order valence-electron chi connectivity index (χ1n) is 6.29. The molecule has 0 spiro atoms. The number of hydrogen-bond donors (Lipinski definition) is 2. The molecule has 0 bridgehead atoms. The summed E-state index contributed by atoms with van der Waals surface area (Å²) in [6.07, 6.45) is 0. The van der Waals surface area contributed by atoms with E-state index in [0.29, 0.717) is 23.8 Å². The maximum atomic E-state index is 11.2. The lowest BCUT2D eigenvalue weighted by atomic mass is 10.2. The van der Waals surface area contributed by atoms with Crippen LogP contribution in [0.3, 0.4) is 0 Å². The van der Waals surface area contributed by atoms with E-state index in [9.17, 15) is 4.79 Å². The van der Waals surface area contributed by atoms with Gasteiger partial charge < -0.3 is 25.1 Å². The number of carbonyl (C=O) groups excluding carboxylic acids is 1. The summed E-state index contributed by atoms with van der Waals surface area (Å²) in [6.45, 7) is 1.36. The Bertz CT molecular complexity index is 619. The molecular formula is C14H19N3O3. The summed E-state index contributed by atoms with van der Waals surface area (Å²) in [5, 5.41) is 0.861. The summed E-state index contributed by atoms with van der Waals surface area (Å²) in [7, 11) is 5.54. The topological polar surface area (TPSA) is 80.6 Å². The van der Waals surface area contributed by atoms with Gasteiger partial charge in [-0.05, 0) is 26.2 Å². The van der Waals surface area contributed by atoms with E-state index < -0.39 is 5.91 Å². The van der Waals surface area contributed by atoms with Gasteiger partial charge in [-0.25, -0.2) is 0 Å². The average Bonchev–Trinajstić information content (AvgIpc) is 2.80. The molecule has 0 saturated carbocycles. The van der Waals surface area contributed by atoms with Crippen molar-refractivity contribution < 1.29 is 14.3 Å². The number of nitrogens with zero attached hydrogens (tertiary/aromatic N) is 1. The van der Waals surface area contributed by atoms with E-state index in [1.807, 2.05) is 25.1 Å². The Morgan fingerprint density at radius 1 is 1.30 bits per heavy atom. The molecule has 20 heavy (non-hydrogen) atoms. The maximum absolute atomic E-state index is 11.2. The molecule has 1 heterocycles. The largest absolute Gasteiger partial charge is 0.493 e. The molecule has 6 heteroatoms. The number of carbonyl (C=O) groups is 1. The van der Waals surface area contributed by atoms with Gasteiger partial charge >= 0.3 is 0 Å². The third kappa shape index (κ3) is 3.03. The van der Waals surface area contributed by atoms with E-state index in [-0.39, 0.29) is 0 Å². The molecule has 2 aromatic rings. The fraction of sp³-hybridized carbons (Fsp3) is 0.357. The highest BCUT2D eigenvalue weighted by atomic mass is 16.5. The standard InChI is InChI=1S/C14H19N3O3/c1-17(2)4-5-20-13-7-9-6-11(14(15)18)16-10(9)8-12(13)19-3/h6-8,16H,4-5H2,1-3H3,(H2,15,18). The summed E-state index contributed by atoms with van der Waals surface area (Å²) < 4.78 is 11.0. The van der Waals surface area contributed by atoms with E-state index in [2.05, 4.69) is 4.98 Å². The van der Waals surface area contributed by atoms with E-state index in [0.717, 1.165) is 17.4 Å². The number of methoxy groups -OCH3 is 1. The number of primary amides is 1. The molecule has 0 atom stereocenters. The van der Waals surface area contributed by atoms with Crippen molar-refractivity contribution in [1.29, 1.82) is 0 Å². The molecule has 0 fully saturated rings. The number of ether oxygens (including phenoxy) is 2. The van der Waals surface area contributed by atoms with E-state index in [1.54, 1.807) is 19.2 Å². The van der Waals surface area contributed by atoms with Crippen LogP contribution in [0.1, 0.15) is 10.5 Å². The number of benzene rings is 1. The zero-order valence-electron chi connectivity index (χ0n) is 11.9. The van der Waals surface area contributed by atoms with Crippen LogP contribution in [-0.2, 0) is 0 Å². The molecule has 1 aromatic carbocycles. The highest BCUT2D eigenvalue weighted by Gasteiger charge is 2.11. The Hall–Kier alpha value is -2.21. The number of likely N-dealkylation sites (N-methyl/N-ethyl adjacent to an activating group) is 1. The molecule has 1 amide bonds. The Balaban J connectivity index is 2.30. The average molecular weight is 277 g/mol. The lowest BCUT2D eigenvalue weighted by Crippen LogP contribution is -2.19. The molecular weight excluding hydrogens is 258 g/mol. The van der Waals surface area contributed by atoms with Crippen molar-refractivity contribution in [3.8, 4) is 11.5 Å². The highest BCUT2D eigenvalue weighted by Crippen LogP contribution is 2.32. The van der Waals surface area contributed by atoms with Crippen molar-refractivity contribution in [2.75, 3.05) is 34.4 Å². The van der Waals surface area contributed by atoms with Gasteiger partial charge in [-0.2, -0.15) is 0 Å². The van der Waals surface area contributed by atoms with Gasteiger partial charge in [-0.15, -0.1) is 0 Å². The Morgan fingerprint density at radius 3 is 2.65 bits per heavy atom. The van der Waals surface area contributed by atoms with Crippen LogP contribution in [0, 0.1) is 0 Å². The summed E-state index contributed by atoms with van der Waals surface area (Å²) in [6, 6.07) is 5.34. The molecule has 0 unspecified atom stereocenters. The van der Waals surface area contributed by atoms with Crippen LogP contribution in [0.15, 0.2) is 18.2 Å². The summed E-state index contributed by atoms with van der Waals surface area (Å²) >= 11 is 0. The van der Waals surface area contributed by atoms with Gasteiger partial charge in [-0.1, -0.05) is 0 Å². The van der Waals surface area contributed by atoms with E-state index in [1.165, 1.54) is 0 Å². The number of rotatable bonds is 6. The number of amides is 1. The second-order valence-corrected chi connectivity index (χ2v) is 4.79. The Kier molecular flexibility index (Phi) is 4.14. The first-order chi connectivity index (χ1) is 9.51. The number of hydrogen-bond acceptors (Lipinski definition) is 4. The normalized spacial score (nSPS) is 11.0. The van der Waals surface area contributed by atoms with Crippen LogP contribution in [0.4, 0.5) is 0 Å². The number of nitrogens with one attached hydrogen (secondary N) is 1. The van der Waals surface area contributed by atoms with Gasteiger partial charge in [0.1, 0.15) is 12.3 Å². The number of nitrogens with two attached hydrogens (primary N) is 1. The van der Waals surface area contributed by atoms with Crippen molar-refractivity contribution >= 4 is 16.8 Å². The fourth-order valence-corrected chi connectivity index (χ4v) is 1.88. The molecule has 0 aliphatic heterocycles. The quantitative estimate of drug-likeness (QED) is 0.832. The predicted molar refractivity (Wildman–Crippen MR) is 77.4 cm³/mol. The van der Waals surface area contributed by atoms with Crippen LogP contribution in [-0.4, -0.2) is 50.1 Å². The molecule has 0 radical (unpaired) electrons. The Labute approximate surface area is 117 Å². The van der Waals surface area contributed by atoms with Crippen LogP contribution in [0.25, 0.3) is 10.9 Å². The maximum Gasteiger partial charge on any atom is 0.265 e. The smallest absolute Gasteiger partial charge is 0.265 e. The summed E-state index contributed by atoms with van der Waals surface area (Å²) in [5.41, 5.74) is 6.42. The molecule has 6 nitrogen and oxygen atoms in total. The van der Waals surface area contributed by atoms with Crippen LogP contribution in [0.5, 0.6) is 11.5 Å². The molecule has 0 aliphatic rings. The van der Waals surface area contributed by atoms with Gasteiger partial charge in [0.25, 0.3) is 5.91 Å². The highest BCUT2D eigenvalue weighted by molar-refractivity contribution is 5.97. The number of aromatic nitrogens is 1. The van der Waals surface area contributed by atoms with Crippen molar-refractivity contribution in [3.05, 3.63) is 23.9 Å². The summed E-state index contributed by atoms with van der Waals surface area (Å²) in [4.78, 5) is 16.2. The molecule has 0 aliphatic carbocycles. The first-order valence-corrected chi connectivity index (χ1v) is 6.29. The van der Waals surface area contributed by atoms with Gasteiger partial charge in [0.2, 0.25) is 0 Å². The van der Waals surface area contributed by atoms with Crippen LogP contribution < -0.4 is 15.2 Å². The second kappa shape index (κ2) is 5.83. The number of H-pyrrole nitrogens is 1. The monoisotopic (exact) mass is 277 g/mol. The van der Waals surface area contributed by atoms with Crippen molar-refractivity contribution in [1.82, 2.24) is 9.88 Å². The van der Waals surface area contributed by atoms with Crippen LogP contribution in [0.2, 0.25) is 0 Å². The van der Waals surface area contributed by atoms with Crippen LogP contribution >= 0.6 is 0 Å². The fourth-order valence-electron chi connectivity index (χ4n) is 1.88. The predicted octanol–water partition coefficient (Wildman–Crippen LogP) is 1.22. The van der Waals surface area contributed by atoms with Gasteiger partial charge in [0.15, 0.2) is 11.5 Å². The minimum absolute atomic E-state index is 0.368. The molecule has 3 N–H and O–H groups in total. The minimum atomic E-state index is -0.491. The van der Waals surface area contributed by atoms with Crippen molar-refractivity contribution in [2.45, 2.75) is 0 Å². The number of aromatic amines is 1. The van der Waals surface area contributed by atoms with Gasteiger partial charge in [0, 0.05) is 23.5 Å². The Morgan fingerprint density at radius 2 is 2.05 bits per heavy atom. The van der Waals surface area contributed by atoms with E-state index >= 15 is 0 Å². The van der Waals surface area contributed by atoms with Gasteiger partial charge in [-0.3, -0.25) is 4.79 Å². The molecule has 108 valence electrons. The van der Waals surface area contributed by atoms with Crippen molar-refractivity contribution in [2.24, 2.45) is 5.73 Å². The third-order valence-corrected chi connectivity index (χ3v) is 2.97. The zero-order valence-corrected chi connectivity index (χ0v) is 11.9. The lowest BCUT2D eigenvalue weighted by Gasteiger charge is -2.13. The summed E-state index contributed by atoms with van der Waals surface area (Å²) in [5.74, 6) is 0.779. The molecule has 1 aromatic heterocycles. The third-order valence-electron chi connectivity index (χ3n) is 2.97.